The van der Waals surface area contributed by atoms with Crippen LogP contribution in [-0.2, 0) is 0 Å². The monoisotopic (exact) mass is 822 g/mol. The highest BCUT2D eigenvalue weighted by atomic mass is 32.1. The van der Waals surface area contributed by atoms with E-state index in [1.165, 1.54) is 43.1 Å². The number of thiophene rings is 1. The summed E-state index contributed by atoms with van der Waals surface area (Å²) in [4.78, 5) is 16.1. The average Bonchev–Trinajstić information content (AvgIpc) is 4.04. The van der Waals surface area contributed by atoms with Gasteiger partial charge >= 0.3 is 0 Å². The van der Waals surface area contributed by atoms with E-state index in [0.29, 0.717) is 17.5 Å². The highest BCUT2D eigenvalue weighted by molar-refractivity contribution is 7.26. The van der Waals surface area contributed by atoms with Crippen LogP contribution in [0.5, 0.6) is 0 Å². The summed E-state index contributed by atoms with van der Waals surface area (Å²) in [6.07, 6.45) is 0. The molecule has 0 aliphatic rings. The van der Waals surface area contributed by atoms with Crippen molar-refractivity contribution in [2.45, 2.75) is 0 Å². The molecule has 5 nitrogen and oxygen atoms in total. The summed E-state index contributed by atoms with van der Waals surface area (Å²) < 4.78 is 11.1. The molecule has 0 fully saturated rings. The first-order valence-electron chi connectivity index (χ1n) is 21.1. The summed E-state index contributed by atoms with van der Waals surface area (Å²) in [5, 5.41) is 6.78. The maximum Gasteiger partial charge on any atom is 0.165 e. The fourth-order valence-electron chi connectivity index (χ4n) is 9.44. The molecule has 0 atom stereocenters. The molecule has 294 valence electrons. The second-order valence-corrected chi connectivity index (χ2v) is 17.0. The molecule has 0 spiro atoms. The van der Waals surface area contributed by atoms with Gasteiger partial charge in [0.1, 0.15) is 11.2 Å². The molecule has 9 aromatic carbocycles. The minimum atomic E-state index is 0.589. The van der Waals surface area contributed by atoms with Crippen molar-refractivity contribution in [3.8, 4) is 62.1 Å². The Hall–Kier alpha value is -8.19. The molecule has 0 amide bonds. The normalized spacial score (nSPS) is 11.8. The molecule has 0 aliphatic heterocycles. The Morgan fingerprint density at radius 2 is 0.937 bits per heavy atom. The van der Waals surface area contributed by atoms with E-state index in [0.717, 1.165) is 65.4 Å². The summed E-state index contributed by atoms with van der Waals surface area (Å²) in [5.74, 6) is 1.80. The molecule has 0 saturated heterocycles. The van der Waals surface area contributed by atoms with E-state index in [2.05, 4.69) is 162 Å². The number of hydrogen-bond acceptors (Lipinski definition) is 5. The number of benzene rings is 9. The Kier molecular flexibility index (Phi) is 8.01. The van der Waals surface area contributed by atoms with Crippen molar-refractivity contribution in [1.29, 1.82) is 0 Å². The highest BCUT2D eigenvalue weighted by Gasteiger charge is 2.23. The van der Waals surface area contributed by atoms with Crippen LogP contribution in [0, 0.1) is 0 Å². The zero-order chi connectivity index (χ0) is 41.4. The van der Waals surface area contributed by atoms with Crippen molar-refractivity contribution in [1.82, 2.24) is 19.5 Å². The highest BCUT2D eigenvalue weighted by Crippen LogP contribution is 2.47. The number of para-hydroxylation sites is 3. The molecule has 13 aromatic rings. The van der Waals surface area contributed by atoms with Crippen LogP contribution in [0.2, 0.25) is 0 Å². The minimum absolute atomic E-state index is 0.589. The third kappa shape index (κ3) is 5.73. The number of furan rings is 1. The van der Waals surface area contributed by atoms with E-state index < -0.39 is 0 Å². The van der Waals surface area contributed by atoms with Crippen LogP contribution in [0.25, 0.3) is 126 Å². The zero-order valence-corrected chi connectivity index (χ0v) is 34.6. The van der Waals surface area contributed by atoms with Crippen molar-refractivity contribution >= 4 is 75.3 Å². The van der Waals surface area contributed by atoms with Crippen LogP contribution in [0.15, 0.2) is 211 Å². The fraction of sp³-hybridized carbons (Fsp3) is 0. The lowest BCUT2D eigenvalue weighted by atomic mass is 9.95. The van der Waals surface area contributed by atoms with Crippen LogP contribution in [0.1, 0.15) is 0 Å². The van der Waals surface area contributed by atoms with Crippen LogP contribution >= 0.6 is 11.3 Å². The van der Waals surface area contributed by atoms with E-state index in [1.807, 2.05) is 48.5 Å². The third-order valence-electron chi connectivity index (χ3n) is 12.3. The van der Waals surface area contributed by atoms with Crippen LogP contribution in [0.3, 0.4) is 0 Å². The molecule has 0 saturated carbocycles. The van der Waals surface area contributed by atoms with Crippen molar-refractivity contribution in [2.24, 2.45) is 0 Å². The van der Waals surface area contributed by atoms with Gasteiger partial charge in [0.15, 0.2) is 17.5 Å². The SMILES string of the molecule is c1ccc(-c2cccc(-c3cccc4sc5c(-c6nc(-c7ccccc7)nc(-c7cccc8oc9ccccc9c78)n6)cc(-n6c7ccccc7c7ccccc76)cc5c34)c2)cc1. The zero-order valence-electron chi connectivity index (χ0n) is 33.7. The van der Waals surface area contributed by atoms with Gasteiger partial charge in [0.25, 0.3) is 0 Å². The van der Waals surface area contributed by atoms with E-state index in [4.69, 9.17) is 19.4 Å². The molecule has 4 heterocycles. The molecule has 4 aromatic heterocycles. The Morgan fingerprint density at radius 3 is 1.71 bits per heavy atom. The first-order valence-corrected chi connectivity index (χ1v) is 21.9. The number of nitrogens with zero attached hydrogens (tertiary/aromatic N) is 4. The summed E-state index contributed by atoms with van der Waals surface area (Å²) >= 11 is 1.79. The lowest BCUT2D eigenvalue weighted by molar-refractivity contribution is 0.669. The summed E-state index contributed by atoms with van der Waals surface area (Å²) in [6.45, 7) is 0. The maximum absolute atomic E-state index is 6.37. The number of aromatic nitrogens is 4. The molecule has 6 heteroatoms. The summed E-state index contributed by atoms with van der Waals surface area (Å²) in [7, 11) is 0. The van der Waals surface area contributed by atoms with Gasteiger partial charge in [-0.3, -0.25) is 0 Å². The van der Waals surface area contributed by atoms with Crippen molar-refractivity contribution in [3.63, 3.8) is 0 Å². The molecule has 0 unspecified atom stereocenters. The van der Waals surface area contributed by atoms with Crippen LogP contribution in [0.4, 0.5) is 0 Å². The standard InChI is InChI=1S/C57H34N4OS/c1-3-16-35(17-4-1)37-20-13-21-38(32-37)40-25-15-31-51-53(40)45-33-39(61-47-27-10-7-22-41(47)42-23-8-11-28-48(42)61)34-46(54(45)63-51)57-59-55(36-18-5-2-6-19-36)58-56(60-57)44-26-14-30-50-52(44)43-24-9-12-29-49(43)62-50/h1-34H. The largest absolute Gasteiger partial charge is 0.456 e. The Morgan fingerprint density at radius 1 is 0.365 bits per heavy atom. The van der Waals surface area contributed by atoms with E-state index in [-0.39, 0.29) is 0 Å². The lowest BCUT2D eigenvalue weighted by Crippen LogP contribution is -2.01. The first-order chi connectivity index (χ1) is 31.2. The van der Waals surface area contributed by atoms with E-state index in [1.54, 1.807) is 11.3 Å². The predicted molar refractivity (Wildman–Crippen MR) is 262 cm³/mol. The number of hydrogen-bond donors (Lipinski definition) is 0. The fourth-order valence-corrected chi connectivity index (χ4v) is 10.7. The van der Waals surface area contributed by atoms with Gasteiger partial charge in [-0.2, -0.15) is 0 Å². The van der Waals surface area contributed by atoms with Gasteiger partial charge < -0.3 is 8.98 Å². The topological polar surface area (TPSA) is 56.7 Å². The molecule has 0 N–H and O–H groups in total. The van der Waals surface area contributed by atoms with Gasteiger partial charge in [-0.15, -0.1) is 11.3 Å². The van der Waals surface area contributed by atoms with Gasteiger partial charge in [0, 0.05) is 64.1 Å². The van der Waals surface area contributed by atoms with Gasteiger partial charge in [0.05, 0.1) is 11.0 Å². The number of rotatable bonds is 6. The second-order valence-electron chi connectivity index (χ2n) is 15.9. The van der Waals surface area contributed by atoms with Crippen LogP contribution < -0.4 is 0 Å². The van der Waals surface area contributed by atoms with Gasteiger partial charge in [-0.05, 0) is 70.8 Å². The second kappa shape index (κ2) is 14.2. The summed E-state index contributed by atoms with van der Waals surface area (Å²) in [6, 6.07) is 72.7. The predicted octanol–water partition coefficient (Wildman–Crippen LogP) is 15.6. The van der Waals surface area contributed by atoms with E-state index >= 15 is 0 Å². The maximum atomic E-state index is 6.37. The van der Waals surface area contributed by atoms with E-state index in [9.17, 15) is 0 Å². The smallest absolute Gasteiger partial charge is 0.165 e. The lowest BCUT2D eigenvalue weighted by Gasteiger charge is -2.14. The van der Waals surface area contributed by atoms with Crippen LogP contribution in [-0.4, -0.2) is 19.5 Å². The average molecular weight is 823 g/mol. The van der Waals surface area contributed by atoms with Gasteiger partial charge in [0.2, 0.25) is 0 Å². The number of fused-ring (bicyclic) bond motifs is 9. The Bertz CT molecular complexity index is 3870. The van der Waals surface area contributed by atoms with Gasteiger partial charge in [-0.1, -0.05) is 158 Å². The van der Waals surface area contributed by atoms with Crippen molar-refractivity contribution < 1.29 is 4.42 Å². The molecular formula is C57H34N4OS. The van der Waals surface area contributed by atoms with Crippen molar-refractivity contribution in [2.75, 3.05) is 0 Å². The molecule has 0 radical (unpaired) electrons. The molecular weight excluding hydrogens is 789 g/mol. The summed E-state index contributed by atoms with van der Waals surface area (Å²) in [5.41, 5.74) is 12.4. The van der Waals surface area contributed by atoms with Gasteiger partial charge in [-0.25, -0.2) is 15.0 Å². The molecule has 0 bridgehead atoms. The Balaban J connectivity index is 1.14. The quantitative estimate of drug-likeness (QED) is 0.168. The molecule has 0 aliphatic carbocycles. The molecule has 63 heavy (non-hydrogen) atoms. The minimum Gasteiger partial charge on any atom is -0.456 e. The first kappa shape index (κ1) is 35.6. The Labute approximate surface area is 365 Å². The molecule has 13 rings (SSSR count). The van der Waals surface area contributed by atoms with Crippen molar-refractivity contribution in [3.05, 3.63) is 206 Å². The third-order valence-corrected chi connectivity index (χ3v) is 13.5.